The maximum absolute atomic E-state index is 10.8. The van der Waals surface area contributed by atoms with E-state index in [2.05, 4.69) is 4.98 Å². The lowest BCUT2D eigenvalue weighted by Gasteiger charge is -1.96. The first-order chi connectivity index (χ1) is 6.05. The van der Waals surface area contributed by atoms with E-state index in [0.29, 0.717) is 5.92 Å². The molecule has 0 N–H and O–H groups in total. The summed E-state index contributed by atoms with van der Waals surface area (Å²) in [5.74, 6) is 0.695. The first kappa shape index (κ1) is 9.02. The zero-order chi connectivity index (χ0) is 9.47. The van der Waals surface area contributed by atoms with Crippen LogP contribution in [-0.2, 0) is 15.6 Å². The van der Waals surface area contributed by atoms with Crippen molar-refractivity contribution in [1.82, 2.24) is 9.55 Å². The first-order valence-electron chi connectivity index (χ1n) is 4.02. The van der Waals surface area contributed by atoms with Gasteiger partial charge in [-0.3, -0.25) is 0 Å². The molecule has 1 aromatic rings. The SMILES string of the molecule is O=S(=O)(Cl)c1cn(CC2CC2)cn1. The molecule has 1 fully saturated rings. The van der Waals surface area contributed by atoms with Crippen LogP contribution >= 0.6 is 10.7 Å². The van der Waals surface area contributed by atoms with E-state index in [1.165, 1.54) is 25.4 Å². The van der Waals surface area contributed by atoms with Crippen LogP contribution in [0.2, 0.25) is 0 Å². The minimum atomic E-state index is -3.66. The molecule has 0 aromatic carbocycles. The van der Waals surface area contributed by atoms with Crippen LogP contribution in [0.3, 0.4) is 0 Å². The zero-order valence-electron chi connectivity index (χ0n) is 6.85. The average Bonchev–Trinajstić information content (AvgIpc) is 2.63. The molecule has 2 rings (SSSR count). The molecule has 0 spiro atoms. The molecule has 0 aliphatic heterocycles. The lowest BCUT2D eigenvalue weighted by molar-refractivity contribution is 0.604. The number of halogens is 1. The Morgan fingerprint density at radius 3 is 2.77 bits per heavy atom. The van der Waals surface area contributed by atoms with E-state index in [1.807, 2.05) is 0 Å². The number of nitrogens with zero attached hydrogens (tertiary/aromatic N) is 2. The van der Waals surface area contributed by atoms with Gasteiger partial charge in [-0.05, 0) is 18.8 Å². The molecule has 0 amide bonds. The van der Waals surface area contributed by atoms with Gasteiger partial charge in [0.05, 0.1) is 6.33 Å². The topological polar surface area (TPSA) is 52.0 Å². The van der Waals surface area contributed by atoms with Gasteiger partial charge in [0.25, 0.3) is 9.05 Å². The third kappa shape index (κ3) is 2.22. The van der Waals surface area contributed by atoms with Gasteiger partial charge in [-0.1, -0.05) is 0 Å². The van der Waals surface area contributed by atoms with Crippen LogP contribution in [0.25, 0.3) is 0 Å². The monoisotopic (exact) mass is 220 g/mol. The van der Waals surface area contributed by atoms with Gasteiger partial charge in [-0.2, -0.15) is 0 Å². The normalized spacial score (nSPS) is 17.6. The van der Waals surface area contributed by atoms with Crippen molar-refractivity contribution >= 4 is 19.7 Å². The fourth-order valence-corrected chi connectivity index (χ4v) is 1.84. The summed E-state index contributed by atoms with van der Waals surface area (Å²) >= 11 is 0. The summed E-state index contributed by atoms with van der Waals surface area (Å²) in [5, 5.41) is -0.0604. The molecule has 1 aliphatic carbocycles. The average molecular weight is 221 g/mol. The van der Waals surface area contributed by atoms with Gasteiger partial charge < -0.3 is 4.57 Å². The van der Waals surface area contributed by atoms with Crippen LogP contribution < -0.4 is 0 Å². The van der Waals surface area contributed by atoms with E-state index in [9.17, 15) is 8.42 Å². The largest absolute Gasteiger partial charge is 0.336 e. The minimum Gasteiger partial charge on any atom is -0.336 e. The number of hydrogen-bond donors (Lipinski definition) is 0. The van der Waals surface area contributed by atoms with Gasteiger partial charge in [-0.25, -0.2) is 13.4 Å². The molecule has 0 bridgehead atoms. The molecule has 1 heterocycles. The van der Waals surface area contributed by atoms with Crippen molar-refractivity contribution in [2.45, 2.75) is 24.4 Å². The smallest absolute Gasteiger partial charge is 0.280 e. The van der Waals surface area contributed by atoms with Gasteiger partial charge in [0.2, 0.25) is 0 Å². The Balaban J connectivity index is 2.17. The molecule has 0 radical (unpaired) electrons. The molecular weight excluding hydrogens is 212 g/mol. The lowest BCUT2D eigenvalue weighted by atomic mass is 10.4. The Labute approximate surface area is 81.0 Å². The highest BCUT2D eigenvalue weighted by Crippen LogP contribution is 2.30. The fourth-order valence-electron chi connectivity index (χ4n) is 1.16. The molecule has 1 saturated carbocycles. The highest BCUT2D eigenvalue weighted by Gasteiger charge is 2.22. The van der Waals surface area contributed by atoms with Crippen molar-refractivity contribution in [2.75, 3.05) is 0 Å². The Kier molecular flexibility index (Phi) is 2.08. The molecule has 4 nitrogen and oxygen atoms in total. The molecule has 0 unspecified atom stereocenters. The van der Waals surface area contributed by atoms with Crippen LogP contribution in [-0.4, -0.2) is 18.0 Å². The van der Waals surface area contributed by atoms with Crippen molar-refractivity contribution in [2.24, 2.45) is 5.92 Å². The second-order valence-electron chi connectivity index (χ2n) is 3.29. The lowest BCUT2D eigenvalue weighted by Crippen LogP contribution is -1.96. The van der Waals surface area contributed by atoms with E-state index in [1.54, 1.807) is 4.57 Å². The van der Waals surface area contributed by atoms with Crippen molar-refractivity contribution < 1.29 is 8.42 Å². The molecule has 1 aliphatic rings. The van der Waals surface area contributed by atoms with Gasteiger partial charge in [0, 0.05) is 23.4 Å². The molecule has 0 atom stereocenters. The highest BCUT2D eigenvalue weighted by molar-refractivity contribution is 8.13. The van der Waals surface area contributed by atoms with Gasteiger partial charge >= 0.3 is 0 Å². The van der Waals surface area contributed by atoms with E-state index in [0.717, 1.165) is 6.54 Å². The summed E-state index contributed by atoms with van der Waals surface area (Å²) in [7, 11) is 1.46. The van der Waals surface area contributed by atoms with Crippen LogP contribution in [0.1, 0.15) is 12.8 Å². The van der Waals surface area contributed by atoms with E-state index < -0.39 is 9.05 Å². The second-order valence-corrected chi connectivity index (χ2v) is 5.80. The Bertz CT molecular complexity index is 408. The summed E-state index contributed by atoms with van der Waals surface area (Å²) in [4.78, 5) is 3.71. The van der Waals surface area contributed by atoms with E-state index in [-0.39, 0.29) is 5.03 Å². The third-order valence-electron chi connectivity index (χ3n) is 2.03. The number of imidazole rings is 1. The van der Waals surface area contributed by atoms with Crippen molar-refractivity contribution in [1.29, 1.82) is 0 Å². The van der Waals surface area contributed by atoms with E-state index in [4.69, 9.17) is 10.7 Å². The highest BCUT2D eigenvalue weighted by atomic mass is 35.7. The summed E-state index contributed by atoms with van der Waals surface area (Å²) < 4.78 is 23.4. The van der Waals surface area contributed by atoms with Crippen LogP contribution in [0.4, 0.5) is 0 Å². The van der Waals surface area contributed by atoms with Gasteiger partial charge in [0.15, 0.2) is 5.03 Å². The standard InChI is InChI=1S/C7H9ClN2O2S/c8-13(11,12)7-4-10(5-9-7)3-6-1-2-6/h4-6H,1-3H2. The molecule has 13 heavy (non-hydrogen) atoms. The quantitative estimate of drug-likeness (QED) is 0.720. The van der Waals surface area contributed by atoms with Crippen molar-refractivity contribution in [3.63, 3.8) is 0 Å². The maximum Gasteiger partial charge on any atom is 0.280 e. The molecule has 6 heteroatoms. The van der Waals surface area contributed by atoms with E-state index >= 15 is 0 Å². The number of aromatic nitrogens is 2. The Morgan fingerprint density at radius 2 is 2.31 bits per heavy atom. The summed E-state index contributed by atoms with van der Waals surface area (Å²) in [6.45, 7) is 0.847. The van der Waals surface area contributed by atoms with Crippen LogP contribution in [0, 0.1) is 5.92 Å². The molecule has 72 valence electrons. The van der Waals surface area contributed by atoms with Crippen LogP contribution in [0.5, 0.6) is 0 Å². The first-order valence-corrected chi connectivity index (χ1v) is 6.33. The molecule has 0 saturated heterocycles. The zero-order valence-corrected chi connectivity index (χ0v) is 8.42. The summed E-state index contributed by atoms with van der Waals surface area (Å²) in [6, 6.07) is 0. The maximum atomic E-state index is 10.8. The summed E-state index contributed by atoms with van der Waals surface area (Å²) in [5.41, 5.74) is 0. The number of hydrogen-bond acceptors (Lipinski definition) is 3. The molecule has 1 aromatic heterocycles. The van der Waals surface area contributed by atoms with Crippen LogP contribution in [0.15, 0.2) is 17.6 Å². The minimum absolute atomic E-state index is 0.0604. The predicted molar refractivity (Wildman–Crippen MR) is 48.0 cm³/mol. The third-order valence-corrected chi connectivity index (χ3v) is 3.21. The predicted octanol–water partition coefficient (Wildman–Crippen LogP) is 1.22. The summed E-state index contributed by atoms with van der Waals surface area (Å²) in [6.07, 6.45) is 5.43. The van der Waals surface area contributed by atoms with Crippen molar-refractivity contribution in [3.05, 3.63) is 12.5 Å². The van der Waals surface area contributed by atoms with Gasteiger partial charge in [0.1, 0.15) is 0 Å². The Hall–Kier alpha value is -0.550. The second kappa shape index (κ2) is 2.99. The number of rotatable bonds is 3. The van der Waals surface area contributed by atoms with Gasteiger partial charge in [-0.15, -0.1) is 0 Å². The Morgan fingerprint density at radius 1 is 1.62 bits per heavy atom. The fraction of sp³-hybridized carbons (Fsp3) is 0.571. The van der Waals surface area contributed by atoms with Crippen molar-refractivity contribution in [3.8, 4) is 0 Å². The molecular formula is C7H9ClN2O2S.